The normalized spacial score (nSPS) is 13.6. The van der Waals surface area contributed by atoms with E-state index in [1.807, 2.05) is 24.0 Å². The summed E-state index contributed by atoms with van der Waals surface area (Å²) in [5.74, 6) is 0.942. The molecule has 0 aromatic heterocycles. The average Bonchev–Trinajstić information content (AvgIpc) is 2.71. The molecule has 1 aliphatic rings. The highest BCUT2D eigenvalue weighted by Gasteiger charge is 2.21. The van der Waals surface area contributed by atoms with E-state index in [9.17, 15) is 13.2 Å². The Morgan fingerprint density at radius 3 is 2.52 bits per heavy atom. The maximum Gasteiger partial charge on any atom is 0.236 e. The van der Waals surface area contributed by atoms with Gasteiger partial charge in [0, 0.05) is 25.2 Å². The van der Waals surface area contributed by atoms with Gasteiger partial charge in [-0.25, -0.2) is 8.42 Å². The Bertz CT molecular complexity index is 1000. The highest BCUT2D eigenvalue weighted by atomic mass is 32.2. The Balaban J connectivity index is 1.75. The van der Waals surface area contributed by atoms with Crippen molar-refractivity contribution >= 4 is 21.6 Å². The molecule has 2 aromatic carbocycles. The van der Waals surface area contributed by atoms with E-state index in [1.165, 1.54) is 14.2 Å². The quantitative estimate of drug-likeness (QED) is 0.747. The molecule has 0 fully saturated rings. The molecule has 0 atom stereocenters. The third-order valence-electron chi connectivity index (χ3n) is 4.95. The van der Waals surface area contributed by atoms with Gasteiger partial charge in [0.15, 0.2) is 11.5 Å². The van der Waals surface area contributed by atoms with Crippen molar-refractivity contribution in [1.29, 1.82) is 0 Å². The number of hydrogen-bond acceptors (Lipinski definition) is 5. The Morgan fingerprint density at radius 2 is 1.83 bits per heavy atom. The third kappa shape index (κ3) is 5.00. The topological polar surface area (TPSA) is 84.9 Å². The second-order valence-corrected chi connectivity index (χ2v) is 8.68. The molecule has 1 aliphatic heterocycles. The summed E-state index contributed by atoms with van der Waals surface area (Å²) in [5, 5.41) is 0. The molecule has 1 amide bonds. The van der Waals surface area contributed by atoms with Crippen LogP contribution in [0.1, 0.15) is 30.0 Å². The fourth-order valence-corrected chi connectivity index (χ4v) is 4.64. The van der Waals surface area contributed by atoms with Crippen LogP contribution in [0.4, 0.5) is 5.69 Å². The summed E-state index contributed by atoms with van der Waals surface area (Å²) in [4.78, 5) is 13.8. The number of anilines is 1. The van der Waals surface area contributed by atoms with Crippen LogP contribution >= 0.6 is 0 Å². The van der Waals surface area contributed by atoms with Crippen LogP contribution in [0.2, 0.25) is 0 Å². The SMILES string of the molecule is CCC(=O)N1CCc2ccc(NS(=O)(=O)Cc3ccc(OC)c(OC)c3)cc2C1. The number of nitrogens with zero attached hydrogens (tertiary/aromatic N) is 1. The molecule has 0 spiro atoms. The first-order valence-electron chi connectivity index (χ1n) is 9.46. The summed E-state index contributed by atoms with van der Waals surface area (Å²) in [6.07, 6.45) is 1.24. The van der Waals surface area contributed by atoms with Gasteiger partial charge in [0.2, 0.25) is 15.9 Å². The van der Waals surface area contributed by atoms with E-state index in [1.54, 1.807) is 24.3 Å². The van der Waals surface area contributed by atoms with Gasteiger partial charge >= 0.3 is 0 Å². The van der Waals surface area contributed by atoms with Crippen molar-refractivity contribution in [3.63, 3.8) is 0 Å². The lowest BCUT2D eigenvalue weighted by Crippen LogP contribution is -2.35. The van der Waals surface area contributed by atoms with E-state index in [0.717, 1.165) is 17.5 Å². The Morgan fingerprint density at radius 1 is 1.07 bits per heavy atom. The Kier molecular flexibility index (Phi) is 6.32. The molecular formula is C21H26N2O5S. The van der Waals surface area contributed by atoms with Crippen molar-refractivity contribution < 1.29 is 22.7 Å². The number of rotatable bonds is 7. The fourth-order valence-electron chi connectivity index (χ4n) is 3.46. The number of carbonyl (C=O) groups is 1. The lowest BCUT2D eigenvalue weighted by Gasteiger charge is -2.29. The van der Waals surface area contributed by atoms with E-state index >= 15 is 0 Å². The number of hydrogen-bond donors (Lipinski definition) is 1. The molecule has 2 aromatic rings. The van der Waals surface area contributed by atoms with E-state index < -0.39 is 10.0 Å². The number of benzene rings is 2. The zero-order valence-corrected chi connectivity index (χ0v) is 17.7. The second kappa shape index (κ2) is 8.73. The van der Waals surface area contributed by atoms with Crippen LogP contribution in [-0.4, -0.2) is 40.0 Å². The van der Waals surface area contributed by atoms with Gasteiger partial charge in [-0.05, 0) is 47.4 Å². The summed E-state index contributed by atoms with van der Waals surface area (Å²) in [6, 6.07) is 10.5. The maximum atomic E-state index is 12.7. The molecular weight excluding hydrogens is 392 g/mol. The summed E-state index contributed by atoms with van der Waals surface area (Å²) < 4.78 is 38.4. The minimum Gasteiger partial charge on any atom is -0.493 e. The van der Waals surface area contributed by atoms with Crippen LogP contribution in [0.25, 0.3) is 0 Å². The summed E-state index contributed by atoms with van der Waals surface area (Å²) in [7, 11) is -0.583. The van der Waals surface area contributed by atoms with Crippen molar-refractivity contribution in [3.05, 3.63) is 53.1 Å². The average molecular weight is 419 g/mol. The van der Waals surface area contributed by atoms with Gasteiger partial charge in [-0.2, -0.15) is 0 Å². The first-order valence-corrected chi connectivity index (χ1v) is 11.1. The molecule has 3 rings (SSSR count). The zero-order chi connectivity index (χ0) is 21.0. The van der Waals surface area contributed by atoms with Crippen LogP contribution in [0.5, 0.6) is 11.5 Å². The van der Waals surface area contributed by atoms with E-state index in [4.69, 9.17) is 9.47 Å². The van der Waals surface area contributed by atoms with Crippen LogP contribution in [0.3, 0.4) is 0 Å². The summed E-state index contributed by atoms with van der Waals surface area (Å²) in [6.45, 7) is 3.05. The number of amides is 1. The molecule has 0 unspecified atom stereocenters. The minimum atomic E-state index is -3.62. The number of ether oxygens (including phenoxy) is 2. The van der Waals surface area contributed by atoms with E-state index in [0.29, 0.717) is 42.3 Å². The molecule has 0 bridgehead atoms. The molecule has 7 nitrogen and oxygen atoms in total. The van der Waals surface area contributed by atoms with E-state index in [-0.39, 0.29) is 11.7 Å². The van der Waals surface area contributed by atoms with Gasteiger partial charge in [-0.3, -0.25) is 9.52 Å². The molecule has 29 heavy (non-hydrogen) atoms. The summed E-state index contributed by atoms with van der Waals surface area (Å²) >= 11 is 0. The Labute approximate surface area is 171 Å². The minimum absolute atomic E-state index is 0.107. The van der Waals surface area contributed by atoms with Crippen molar-refractivity contribution in [3.8, 4) is 11.5 Å². The standard InChI is InChI=1S/C21H26N2O5S/c1-4-21(24)23-10-9-16-6-7-18(12-17(16)13-23)22-29(25,26)14-15-5-8-19(27-2)20(11-15)28-3/h5-8,11-12,22H,4,9-10,13-14H2,1-3H3. The molecule has 1 heterocycles. The monoisotopic (exact) mass is 418 g/mol. The van der Waals surface area contributed by atoms with Crippen molar-refractivity contribution in [2.45, 2.75) is 32.1 Å². The predicted molar refractivity (Wildman–Crippen MR) is 112 cm³/mol. The van der Waals surface area contributed by atoms with Crippen molar-refractivity contribution in [2.75, 3.05) is 25.5 Å². The van der Waals surface area contributed by atoms with Gasteiger partial charge in [0.25, 0.3) is 0 Å². The Hall–Kier alpha value is -2.74. The van der Waals surface area contributed by atoms with Crippen LogP contribution < -0.4 is 14.2 Å². The zero-order valence-electron chi connectivity index (χ0n) is 16.9. The number of methoxy groups -OCH3 is 2. The highest BCUT2D eigenvalue weighted by Crippen LogP contribution is 2.29. The van der Waals surface area contributed by atoms with Crippen LogP contribution in [0.15, 0.2) is 36.4 Å². The first-order chi connectivity index (χ1) is 13.8. The number of sulfonamides is 1. The lowest BCUT2D eigenvalue weighted by atomic mass is 9.99. The number of nitrogens with one attached hydrogen (secondary N) is 1. The van der Waals surface area contributed by atoms with Crippen LogP contribution in [0, 0.1) is 0 Å². The van der Waals surface area contributed by atoms with Crippen LogP contribution in [-0.2, 0) is 33.5 Å². The molecule has 1 N–H and O–H groups in total. The molecule has 0 radical (unpaired) electrons. The molecule has 0 aliphatic carbocycles. The van der Waals surface area contributed by atoms with Gasteiger partial charge in [-0.1, -0.05) is 19.1 Å². The first kappa shape index (κ1) is 21.0. The smallest absolute Gasteiger partial charge is 0.236 e. The second-order valence-electron chi connectivity index (χ2n) is 6.95. The number of fused-ring (bicyclic) bond motifs is 1. The molecule has 0 saturated carbocycles. The largest absolute Gasteiger partial charge is 0.493 e. The van der Waals surface area contributed by atoms with Gasteiger partial charge < -0.3 is 14.4 Å². The predicted octanol–water partition coefficient (Wildman–Crippen LogP) is 2.94. The van der Waals surface area contributed by atoms with E-state index in [2.05, 4.69) is 4.72 Å². The van der Waals surface area contributed by atoms with Gasteiger partial charge in [0.1, 0.15) is 0 Å². The van der Waals surface area contributed by atoms with Crippen molar-refractivity contribution in [1.82, 2.24) is 4.90 Å². The molecule has 0 saturated heterocycles. The number of carbonyl (C=O) groups excluding carboxylic acids is 1. The van der Waals surface area contributed by atoms with Gasteiger partial charge in [0.05, 0.1) is 20.0 Å². The highest BCUT2D eigenvalue weighted by molar-refractivity contribution is 7.91. The maximum absolute atomic E-state index is 12.7. The fraction of sp³-hybridized carbons (Fsp3) is 0.381. The third-order valence-corrected chi connectivity index (χ3v) is 6.21. The van der Waals surface area contributed by atoms with Gasteiger partial charge in [-0.15, -0.1) is 0 Å². The van der Waals surface area contributed by atoms with Crippen molar-refractivity contribution in [2.24, 2.45) is 0 Å². The lowest BCUT2D eigenvalue weighted by molar-refractivity contribution is -0.131. The molecule has 156 valence electrons. The molecule has 8 heteroatoms. The summed E-state index contributed by atoms with van der Waals surface area (Å²) in [5.41, 5.74) is 3.21.